The van der Waals surface area contributed by atoms with Crippen LogP contribution in [0.3, 0.4) is 0 Å². The smallest absolute Gasteiger partial charge is 0.311 e. The molecule has 1 spiro atoms. The summed E-state index contributed by atoms with van der Waals surface area (Å²) in [6, 6.07) is 7.51. The average Bonchev–Trinajstić information content (AvgIpc) is 2.82. The first kappa shape index (κ1) is 14.4. The Bertz CT molecular complexity index is 713. The van der Waals surface area contributed by atoms with E-state index in [-0.39, 0.29) is 24.2 Å². The summed E-state index contributed by atoms with van der Waals surface area (Å²) in [5.41, 5.74) is 0.664. The number of benzene rings is 1. The zero-order valence-electron chi connectivity index (χ0n) is 13.0. The van der Waals surface area contributed by atoms with Crippen LogP contribution in [0.15, 0.2) is 24.3 Å². The molecule has 3 unspecified atom stereocenters. The molecule has 1 N–H and O–H groups in total. The predicted molar refractivity (Wildman–Crippen MR) is 82.7 cm³/mol. The lowest BCUT2D eigenvalue weighted by atomic mass is 9.48. The molecule has 1 aromatic carbocycles. The molecule has 1 heterocycles. The van der Waals surface area contributed by atoms with Crippen molar-refractivity contribution in [1.29, 1.82) is 0 Å². The second kappa shape index (κ2) is 4.91. The zero-order valence-corrected chi connectivity index (χ0v) is 13.0. The Morgan fingerprint density at radius 1 is 1.30 bits per heavy atom. The molecule has 5 nitrogen and oxygen atoms in total. The van der Waals surface area contributed by atoms with Gasteiger partial charge in [-0.3, -0.25) is 14.4 Å². The van der Waals surface area contributed by atoms with E-state index in [1.165, 1.54) is 0 Å². The van der Waals surface area contributed by atoms with Crippen molar-refractivity contribution in [2.75, 3.05) is 11.9 Å². The van der Waals surface area contributed by atoms with Crippen molar-refractivity contribution in [3.05, 3.63) is 29.8 Å². The molecule has 3 saturated carbocycles. The molecule has 1 aromatic rings. The number of fused-ring (bicyclic) bond motifs is 3. The minimum atomic E-state index is -0.945. The molecule has 0 radical (unpaired) electrons. The van der Waals surface area contributed by atoms with Gasteiger partial charge in [-0.15, -0.1) is 0 Å². The van der Waals surface area contributed by atoms with Crippen LogP contribution in [-0.2, 0) is 24.5 Å². The molecule has 3 aliphatic carbocycles. The van der Waals surface area contributed by atoms with Crippen molar-refractivity contribution in [1.82, 2.24) is 0 Å². The summed E-state index contributed by atoms with van der Waals surface area (Å²) < 4.78 is 5.26. The fraction of sp³-hybridized carbons (Fsp3) is 0.500. The maximum Gasteiger partial charge on any atom is 0.311 e. The van der Waals surface area contributed by atoms with Gasteiger partial charge in [0.25, 0.3) is 0 Å². The number of carbonyl (C=O) groups is 3. The second-order valence-corrected chi connectivity index (χ2v) is 6.65. The third kappa shape index (κ3) is 1.70. The van der Waals surface area contributed by atoms with Crippen LogP contribution in [0.1, 0.15) is 31.7 Å². The SMILES string of the molecule is CCOC(=O)C1C2CCC(CC2=O)[C@@]12C(=O)Nc1ccccc12. The van der Waals surface area contributed by atoms with Gasteiger partial charge in [0, 0.05) is 18.0 Å². The van der Waals surface area contributed by atoms with Crippen molar-refractivity contribution < 1.29 is 19.1 Å². The number of hydrogen-bond donors (Lipinski definition) is 1. The van der Waals surface area contributed by atoms with E-state index < -0.39 is 23.2 Å². The number of ketones is 1. The highest BCUT2D eigenvalue weighted by Crippen LogP contribution is 2.60. The standard InChI is InChI=1S/C18H19NO4/c1-2-23-16(21)15-11-8-7-10(9-14(11)20)18(15)12-5-3-4-6-13(12)19-17(18)22/h3-6,10-11,15H,2,7-9H2,1H3,(H,19,22)/t10?,11?,15?,18-/m0/s1. The van der Waals surface area contributed by atoms with Gasteiger partial charge in [0.05, 0.1) is 17.9 Å². The summed E-state index contributed by atoms with van der Waals surface area (Å²) in [7, 11) is 0. The van der Waals surface area contributed by atoms with Crippen LogP contribution < -0.4 is 5.32 Å². The van der Waals surface area contributed by atoms with Crippen molar-refractivity contribution in [2.24, 2.45) is 17.8 Å². The number of amides is 1. The minimum absolute atomic E-state index is 0.0992. The van der Waals surface area contributed by atoms with E-state index in [1.807, 2.05) is 24.3 Å². The molecule has 0 aromatic heterocycles. The third-order valence-corrected chi connectivity index (χ3v) is 5.76. The Labute approximate surface area is 134 Å². The first-order chi connectivity index (χ1) is 11.1. The van der Waals surface area contributed by atoms with E-state index in [0.29, 0.717) is 12.8 Å². The van der Waals surface area contributed by atoms with Crippen molar-refractivity contribution in [2.45, 2.75) is 31.6 Å². The number of Topliss-reactive ketones (excluding diaryl/α,β-unsaturated/α-hetero) is 1. The molecular weight excluding hydrogens is 294 g/mol. The van der Waals surface area contributed by atoms with Gasteiger partial charge < -0.3 is 10.1 Å². The summed E-state index contributed by atoms with van der Waals surface area (Å²) >= 11 is 0. The third-order valence-electron chi connectivity index (χ3n) is 5.76. The lowest BCUT2D eigenvalue weighted by Crippen LogP contribution is -2.62. The highest BCUT2D eigenvalue weighted by atomic mass is 16.5. The van der Waals surface area contributed by atoms with E-state index >= 15 is 0 Å². The average molecular weight is 313 g/mol. The number of para-hydroxylation sites is 1. The van der Waals surface area contributed by atoms with Gasteiger partial charge in [0.1, 0.15) is 5.78 Å². The van der Waals surface area contributed by atoms with Gasteiger partial charge in [-0.25, -0.2) is 0 Å². The maximum absolute atomic E-state index is 13.0. The quantitative estimate of drug-likeness (QED) is 0.848. The molecule has 1 aliphatic heterocycles. The van der Waals surface area contributed by atoms with Crippen LogP contribution in [0.5, 0.6) is 0 Å². The fourth-order valence-corrected chi connectivity index (χ4v) is 4.95. The van der Waals surface area contributed by atoms with E-state index in [4.69, 9.17) is 4.74 Å². The molecule has 4 aliphatic rings. The fourth-order valence-electron chi connectivity index (χ4n) is 4.95. The van der Waals surface area contributed by atoms with Gasteiger partial charge in [-0.05, 0) is 37.3 Å². The van der Waals surface area contributed by atoms with Crippen LogP contribution in [-0.4, -0.2) is 24.3 Å². The van der Waals surface area contributed by atoms with E-state index in [1.54, 1.807) is 6.92 Å². The van der Waals surface area contributed by atoms with E-state index in [9.17, 15) is 14.4 Å². The summed E-state index contributed by atoms with van der Waals surface area (Å²) in [5, 5.41) is 2.93. The van der Waals surface area contributed by atoms with Crippen LogP contribution in [0.25, 0.3) is 0 Å². The van der Waals surface area contributed by atoms with Crippen LogP contribution in [0, 0.1) is 17.8 Å². The summed E-state index contributed by atoms with van der Waals surface area (Å²) in [4.78, 5) is 38.1. The Morgan fingerprint density at radius 2 is 2.09 bits per heavy atom. The molecule has 1 amide bonds. The molecule has 120 valence electrons. The Morgan fingerprint density at radius 3 is 2.83 bits per heavy atom. The van der Waals surface area contributed by atoms with Crippen LogP contribution >= 0.6 is 0 Å². The lowest BCUT2D eigenvalue weighted by molar-refractivity contribution is -0.168. The molecule has 4 atom stereocenters. The summed E-state index contributed by atoms with van der Waals surface area (Å²) in [5.74, 6) is -1.71. The Balaban J connectivity index is 1.92. The topological polar surface area (TPSA) is 72.5 Å². The van der Waals surface area contributed by atoms with Crippen molar-refractivity contribution >= 4 is 23.3 Å². The molecule has 23 heavy (non-hydrogen) atoms. The van der Waals surface area contributed by atoms with Gasteiger partial charge in [0.15, 0.2) is 0 Å². The van der Waals surface area contributed by atoms with E-state index in [0.717, 1.165) is 17.7 Å². The molecule has 3 fully saturated rings. The highest BCUT2D eigenvalue weighted by molar-refractivity contribution is 6.11. The number of carbonyl (C=O) groups excluding carboxylic acids is 3. The number of esters is 1. The second-order valence-electron chi connectivity index (χ2n) is 6.65. The van der Waals surface area contributed by atoms with E-state index in [2.05, 4.69) is 5.32 Å². The molecule has 2 bridgehead atoms. The number of ether oxygens (including phenoxy) is 1. The molecule has 0 saturated heterocycles. The van der Waals surface area contributed by atoms with Gasteiger partial charge in [-0.2, -0.15) is 0 Å². The number of hydrogen-bond acceptors (Lipinski definition) is 4. The number of rotatable bonds is 2. The first-order valence-corrected chi connectivity index (χ1v) is 8.21. The maximum atomic E-state index is 13.0. The van der Waals surface area contributed by atoms with Gasteiger partial charge in [-0.1, -0.05) is 18.2 Å². The normalized spacial score (nSPS) is 34.4. The Kier molecular flexibility index (Phi) is 3.08. The van der Waals surface area contributed by atoms with Crippen LogP contribution in [0.4, 0.5) is 5.69 Å². The van der Waals surface area contributed by atoms with Crippen molar-refractivity contribution in [3.63, 3.8) is 0 Å². The largest absolute Gasteiger partial charge is 0.466 e. The first-order valence-electron chi connectivity index (χ1n) is 8.21. The molecule has 5 rings (SSSR count). The monoisotopic (exact) mass is 313 g/mol. The van der Waals surface area contributed by atoms with Gasteiger partial charge in [0.2, 0.25) is 5.91 Å². The molecule has 5 heteroatoms. The summed E-state index contributed by atoms with van der Waals surface area (Å²) in [6.07, 6.45) is 1.85. The van der Waals surface area contributed by atoms with Crippen molar-refractivity contribution in [3.8, 4) is 0 Å². The van der Waals surface area contributed by atoms with Crippen LogP contribution in [0.2, 0.25) is 0 Å². The predicted octanol–water partition coefficient (Wildman–Crippen LogP) is 2.05. The lowest BCUT2D eigenvalue weighted by Gasteiger charge is -2.52. The number of nitrogens with one attached hydrogen (secondary N) is 1. The summed E-state index contributed by atoms with van der Waals surface area (Å²) in [6.45, 7) is 2.00. The molecular formula is C18H19NO4. The zero-order chi connectivity index (χ0) is 16.2. The minimum Gasteiger partial charge on any atom is -0.466 e. The highest BCUT2D eigenvalue weighted by Gasteiger charge is 2.67. The van der Waals surface area contributed by atoms with Gasteiger partial charge >= 0.3 is 5.97 Å². The Hall–Kier alpha value is -2.17. The number of anilines is 1.